The first kappa shape index (κ1) is 20.6. The minimum absolute atomic E-state index is 0.0200. The van der Waals surface area contributed by atoms with Crippen LogP contribution in [0.5, 0.6) is 0 Å². The Labute approximate surface area is 171 Å². The van der Waals surface area contributed by atoms with E-state index < -0.39 is 0 Å². The van der Waals surface area contributed by atoms with Crippen molar-refractivity contribution >= 4 is 29.1 Å². The third-order valence-corrected chi connectivity index (χ3v) is 6.23. The van der Waals surface area contributed by atoms with E-state index in [9.17, 15) is 9.59 Å². The van der Waals surface area contributed by atoms with Crippen LogP contribution < -0.4 is 10.6 Å². The minimum Gasteiger partial charge on any atom is -0.357 e. The zero-order valence-corrected chi connectivity index (χ0v) is 17.8. The number of carbonyl (C=O) groups excluding carboxylic acids is 2. The molecule has 2 aliphatic heterocycles. The molecule has 154 valence electrons. The normalized spacial score (nSPS) is 19.7. The third-order valence-electron chi connectivity index (χ3n) is 5.21. The van der Waals surface area contributed by atoms with Gasteiger partial charge in [0, 0.05) is 49.6 Å². The van der Waals surface area contributed by atoms with Crippen LogP contribution in [0.15, 0.2) is 16.4 Å². The Hall–Kier alpha value is -2.09. The van der Waals surface area contributed by atoms with Crippen LogP contribution in [0.1, 0.15) is 37.6 Å². The van der Waals surface area contributed by atoms with Gasteiger partial charge >= 0.3 is 0 Å². The van der Waals surface area contributed by atoms with Crippen molar-refractivity contribution < 1.29 is 9.59 Å². The van der Waals surface area contributed by atoms with Gasteiger partial charge in [0.15, 0.2) is 5.96 Å². The molecule has 0 aliphatic carbocycles. The van der Waals surface area contributed by atoms with Crippen LogP contribution >= 0.6 is 11.3 Å². The molecule has 0 bridgehead atoms. The summed E-state index contributed by atoms with van der Waals surface area (Å²) in [7, 11) is 0. The van der Waals surface area contributed by atoms with Crippen molar-refractivity contribution in [3.63, 3.8) is 0 Å². The van der Waals surface area contributed by atoms with E-state index in [1.165, 1.54) is 10.4 Å². The van der Waals surface area contributed by atoms with Crippen molar-refractivity contribution in [2.24, 2.45) is 10.9 Å². The molecular weight excluding hydrogens is 374 g/mol. The van der Waals surface area contributed by atoms with Gasteiger partial charge in [-0.05, 0) is 36.8 Å². The first-order chi connectivity index (χ1) is 13.5. The number of guanidine groups is 1. The summed E-state index contributed by atoms with van der Waals surface area (Å²) in [5, 5.41) is 8.70. The van der Waals surface area contributed by atoms with Gasteiger partial charge in [0.2, 0.25) is 11.8 Å². The van der Waals surface area contributed by atoms with Crippen molar-refractivity contribution in [3.05, 3.63) is 21.9 Å². The third kappa shape index (κ3) is 5.04. The van der Waals surface area contributed by atoms with Gasteiger partial charge in [0.1, 0.15) is 6.54 Å². The topological polar surface area (TPSA) is 77.0 Å². The van der Waals surface area contributed by atoms with Crippen molar-refractivity contribution in [2.75, 3.05) is 32.7 Å². The van der Waals surface area contributed by atoms with Crippen molar-refractivity contribution in [2.45, 2.75) is 46.2 Å². The fourth-order valence-electron chi connectivity index (χ4n) is 3.66. The lowest BCUT2D eigenvalue weighted by atomic mass is 10.1. The second-order valence-corrected chi connectivity index (χ2v) is 8.70. The predicted octanol–water partition coefficient (Wildman–Crippen LogP) is 1.44. The summed E-state index contributed by atoms with van der Waals surface area (Å²) in [4.78, 5) is 34.5. The second kappa shape index (κ2) is 9.41. The fourth-order valence-corrected chi connectivity index (χ4v) is 4.55. The molecule has 1 unspecified atom stereocenters. The van der Waals surface area contributed by atoms with Crippen LogP contribution in [0.4, 0.5) is 0 Å². The summed E-state index contributed by atoms with van der Waals surface area (Å²) in [6, 6.07) is 2.28. The fraction of sp³-hybridized carbons (Fsp3) is 0.650. The van der Waals surface area contributed by atoms with Crippen LogP contribution in [0.25, 0.3) is 0 Å². The number of aliphatic imine (C=N–C) groups is 1. The van der Waals surface area contributed by atoms with Crippen LogP contribution in [0.2, 0.25) is 0 Å². The van der Waals surface area contributed by atoms with Crippen molar-refractivity contribution in [1.29, 1.82) is 0 Å². The number of nitrogens with one attached hydrogen (secondary N) is 2. The lowest BCUT2D eigenvalue weighted by Gasteiger charge is -2.26. The number of thiophene rings is 1. The maximum Gasteiger partial charge on any atom is 0.244 e. The van der Waals surface area contributed by atoms with E-state index in [1.54, 1.807) is 11.3 Å². The summed E-state index contributed by atoms with van der Waals surface area (Å²) < 4.78 is 0. The molecule has 3 heterocycles. The van der Waals surface area contributed by atoms with E-state index in [4.69, 9.17) is 0 Å². The highest BCUT2D eigenvalue weighted by molar-refractivity contribution is 7.10. The number of nitrogens with zero attached hydrogens (tertiary/aromatic N) is 3. The molecule has 0 aromatic carbocycles. The number of likely N-dealkylation sites (tertiary alicyclic amines) is 1. The van der Waals surface area contributed by atoms with Gasteiger partial charge in [-0.15, -0.1) is 11.3 Å². The summed E-state index contributed by atoms with van der Waals surface area (Å²) in [6.45, 7) is 9.63. The average molecular weight is 406 g/mol. The Kier molecular flexibility index (Phi) is 6.93. The van der Waals surface area contributed by atoms with Gasteiger partial charge in [-0.3, -0.25) is 9.59 Å². The molecular formula is C20H31N5O2S. The molecule has 1 fully saturated rings. The minimum atomic E-state index is 0.0200. The summed E-state index contributed by atoms with van der Waals surface area (Å²) in [5.41, 5.74) is 1.26. The number of amides is 2. The Balaban J connectivity index is 1.53. The number of hydrogen-bond acceptors (Lipinski definition) is 4. The molecule has 0 radical (unpaired) electrons. The molecule has 0 saturated carbocycles. The Bertz CT molecular complexity index is 730. The van der Waals surface area contributed by atoms with Gasteiger partial charge in [-0.1, -0.05) is 13.8 Å². The predicted molar refractivity (Wildman–Crippen MR) is 112 cm³/mol. The highest BCUT2D eigenvalue weighted by Gasteiger charge is 2.28. The molecule has 1 atom stereocenters. The molecule has 1 aromatic heterocycles. The molecule has 2 N–H and O–H groups in total. The summed E-state index contributed by atoms with van der Waals surface area (Å²) >= 11 is 1.77. The number of hydrogen-bond donors (Lipinski definition) is 2. The zero-order chi connectivity index (χ0) is 20.1. The molecule has 3 rings (SSSR count). The van der Waals surface area contributed by atoms with Crippen LogP contribution in [0.3, 0.4) is 0 Å². The average Bonchev–Trinajstić information content (AvgIpc) is 3.33. The molecule has 1 saturated heterocycles. The van der Waals surface area contributed by atoms with Gasteiger partial charge in [-0.25, -0.2) is 4.99 Å². The Morgan fingerprint density at radius 3 is 2.89 bits per heavy atom. The molecule has 2 amide bonds. The van der Waals surface area contributed by atoms with E-state index >= 15 is 0 Å². The Morgan fingerprint density at radius 1 is 1.32 bits per heavy atom. The number of rotatable bonds is 5. The standard InChI is InChI=1S/C20H31N5O2S/c1-4-21-20(23-16-5-8-25(13-16)19(27)14(2)3)22-11-18(26)24-9-6-17-15(12-24)7-10-28-17/h7,10,14,16H,4-6,8-9,11-13H2,1-3H3,(H2,21,22,23). The molecule has 0 spiro atoms. The van der Waals surface area contributed by atoms with Gasteiger partial charge in [0.25, 0.3) is 0 Å². The molecule has 1 aromatic rings. The molecule has 2 aliphatic rings. The summed E-state index contributed by atoms with van der Waals surface area (Å²) in [6.07, 6.45) is 1.83. The SMILES string of the molecule is CCNC(=NCC(=O)N1CCc2sccc2C1)NC1CCN(C(=O)C(C)C)C1. The second-order valence-electron chi connectivity index (χ2n) is 7.70. The quantitative estimate of drug-likeness (QED) is 0.574. The first-order valence-corrected chi connectivity index (χ1v) is 11.0. The van der Waals surface area contributed by atoms with Crippen LogP contribution in [-0.4, -0.2) is 66.3 Å². The highest BCUT2D eigenvalue weighted by atomic mass is 32.1. The number of fused-ring (bicyclic) bond motifs is 1. The van der Waals surface area contributed by atoms with E-state index in [-0.39, 0.29) is 30.3 Å². The molecule has 28 heavy (non-hydrogen) atoms. The van der Waals surface area contributed by atoms with E-state index in [2.05, 4.69) is 27.1 Å². The van der Waals surface area contributed by atoms with E-state index in [0.29, 0.717) is 19.0 Å². The maximum atomic E-state index is 12.6. The lowest BCUT2D eigenvalue weighted by molar-refractivity contribution is -0.133. The first-order valence-electron chi connectivity index (χ1n) is 10.1. The van der Waals surface area contributed by atoms with Crippen molar-refractivity contribution in [1.82, 2.24) is 20.4 Å². The zero-order valence-electron chi connectivity index (χ0n) is 17.0. The van der Waals surface area contributed by atoms with E-state index in [1.807, 2.05) is 30.6 Å². The van der Waals surface area contributed by atoms with Gasteiger partial charge in [0.05, 0.1) is 0 Å². The number of carbonyl (C=O) groups is 2. The Morgan fingerprint density at radius 2 is 2.14 bits per heavy atom. The molecule has 8 heteroatoms. The smallest absolute Gasteiger partial charge is 0.244 e. The van der Waals surface area contributed by atoms with Gasteiger partial charge < -0.3 is 20.4 Å². The summed E-state index contributed by atoms with van der Waals surface area (Å²) in [5.74, 6) is 0.913. The van der Waals surface area contributed by atoms with E-state index in [0.717, 1.165) is 32.5 Å². The van der Waals surface area contributed by atoms with Gasteiger partial charge in [-0.2, -0.15) is 0 Å². The van der Waals surface area contributed by atoms with Crippen LogP contribution in [0, 0.1) is 5.92 Å². The maximum absolute atomic E-state index is 12.6. The molecule has 7 nitrogen and oxygen atoms in total. The van der Waals surface area contributed by atoms with Crippen LogP contribution in [-0.2, 0) is 22.6 Å². The monoisotopic (exact) mass is 405 g/mol. The van der Waals surface area contributed by atoms with Crippen molar-refractivity contribution in [3.8, 4) is 0 Å². The largest absolute Gasteiger partial charge is 0.357 e. The lowest BCUT2D eigenvalue weighted by Crippen LogP contribution is -2.46. The highest BCUT2D eigenvalue weighted by Crippen LogP contribution is 2.23.